The van der Waals surface area contributed by atoms with E-state index in [9.17, 15) is 19.4 Å². The molecule has 1 saturated heterocycles. The summed E-state index contributed by atoms with van der Waals surface area (Å²) in [5, 5.41) is 28.7. The Morgan fingerprint density at radius 2 is 2.10 bits per heavy atom. The number of H-pyrrole nitrogens is 1. The summed E-state index contributed by atoms with van der Waals surface area (Å²) in [6.45, 7) is -0.483. The molecule has 0 bridgehead atoms. The first-order chi connectivity index (χ1) is 10.0. The predicted molar refractivity (Wildman–Crippen MR) is 68.2 cm³/mol. The van der Waals surface area contributed by atoms with Crippen molar-refractivity contribution < 1.29 is 24.4 Å². The van der Waals surface area contributed by atoms with Gasteiger partial charge in [-0.15, -0.1) is 0 Å². The molecule has 7 nitrogen and oxygen atoms in total. The van der Waals surface area contributed by atoms with E-state index in [2.05, 4.69) is 9.97 Å². The molecule has 1 unspecified atom stereocenters. The molecule has 3 aliphatic rings. The standard InChI is InChI=1S/C13H13FN2O5/c14-8-2-1-5-3-6(13(20)16-12(5)15-8)11-10(19)9(18)7(4-17)21-11/h1-3,7,9-11,17-19H,4H2,(H,15,16,20)/t7-,9?,10+,11+/m1/s1. The van der Waals surface area contributed by atoms with Gasteiger partial charge in [-0.1, -0.05) is 0 Å². The Hall–Kier alpha value is -1.87. The summed E-state index contributed by atoms with van der Waals surface area (Å²) in [6.07, 6.45) is -4.71. The van der Waals surface area contributed by atoms with Crippen LogP contribution in [0.5, 0.6) is 0 Å². The number of ether oxygens (including phenoxy) is 1. The fraction of sp³-hybridized carbons (Fsp3) is 0.385. The van der Waals surface area contributed by atoms with E-state index in [1.165, 1.54) is 18.2 Å². The lowest BCUT2D eigenvalue weighted by atomic mass is 10.0. The van der Waals surface area contributed by atoms with Gasteiger partial charge in [-0.05, 0) is 18.2 Å². The van der Waals surface area contributed by atoms with E-state index in [1.54, 1.807) is 0 Å². The second kappa shape index (κ2) is 5.15. The topological polar surface area (TPSA) is 116 Å². The summed E-state index contributed by atoms with van der Waals surface area (Å²) >= 11 is 0. The molecule has 0 aromatic rings. The number of nitrogens with zero attached hydrogens (tertiary/aromatic N) is 1. The van der Waals surface area contributed by atoms with Gasteiger partial charge in [0.15, 0.2) is 5.95 Å². The lowest BCUT2D eigenvalue weighted by Crippen LogP contribution is -2.33. The van der Waals surface area contributed by atoms with E-state index in [1.807, 2.05) is 0 Å². The number of aliphatic hydroxyl groups excluding tert-OH is 3. The Bertz CT molecular complexity index is 691. The van der Waals surface area contributed by atoms with Crippen LogP contribution >= 0.6 is 0 Å². The van der Waals surface area contributed by atoms with Gasteiger partial charge >= 0.3 is 0 Å². The highest BCUT2D eigenvalue weighted by atomic mass is 19.1. The molecule has 0 aromatic carbocycles. The van der Waals surface area contributed by atoms with Crippen molar-refractivity contribution in [1.29, 1.82) is 0 Å². The summed E-state index contributed by atoms with van der Waals surface area (Å²) in [7, 11) is 0. The van der Waals surface area contributed by atoms with Crippen molar-refractivity contribution in [3.05, 3.63) is 40.1 Å². The fourth-order valence-corrected chi connectivity index (χ4v) is 2.43. The molecule has 0 spiro atoms. The smallest absolute Gasteiger partial charge is 0.277 e. The van der Waals surface area contributed by atoms with Gasteiger partial charge in [0.2, 0.25) is 0 Å². The van der Waals surface area contributed by atoms with Crippen molar-refractivity contribution >= 4 is 0 Å². The van der Waals surface area contributed by atoms with Crippen molar-refractivity contribution in [2.45, 2.75) is 24.4 Å². The van der Waals surface area contributed by atoms with E-state index in [0.29, 0.717) is 5.56 Å². The minimum atomic E-state index is -1.35. The van der Waals surface area contributed by atoms with Gasteiger partial charge in [0.1, 0.15) is 30.2 Å². The van der Waals surface area contributed by atoms with Crippen LogP contribution in [0.25, 0.3) is 11.4 Å². The molecule has 8 heteroatoms. The summed E-state index contributed by atoms with van der Waals surface area (Å²) in [6, 6.07) is 4.02. The molecule has 0 saturated carbocycles. The number of nitrogens with one attached hydrogen (secondary N) is 1. The maximum atomic E-state index is 13.1. The number of fused-ring (bicyclic) bond motifs is 1. The summed E-state index contributed by atoms with van der Waals surface area (Å²) in [5.41, 5.74) is -0.187. The van der Waals surface area contributed by atoms with Gasteiger partial charge in [-0.3, -0.25) is 4.79 Å². The lowest BCUT2D eigenvalue weighted by molar-refractivity contribution is -0.0231. The van der Waals surface area contributed by atoms with E-state index >= 15 is 0 Å². The lowest BCUT2D eigenvalue weighted by Gasteiger charge is -2.15. The molecule has 0 aliphatic carbocycles. The van der Waals surface area contributed by atoms with Crippen LogP contribution in [-0.2, 0) is 4.74 Å². The molecule has 0 amide bonds. The Kier molecular flexibility index (Phi) is 3.46. The zero-order valence-corrected chi connectivity index (χ0v) is 10.7. The van der Waals surface area contributed by atoms with Crippen LogP contribution in [0.2, 0.25) is 0 Å². The first-order valence-electron chi connectivity index (χ1n) is 6.33. The van der Waals surface area contributed by atoms with E-state index in [4.69, 9.17) is 9.84 Å². The van der Waals surface area contributed by atoms with Gasteiger partial charge in [0, 0.05) is 5.56 Å². The molecule has 1 fully saturated rings. The highest BCUT2D eigenvalue weighted by Gasteiger charge is 2.44. The van der Waals surface area contributed by atoms with Crippen molar-refractivity contribution in [2.75, 3.05) is 6.61 Å². The molecule has 0 radical (unpaired) electrons. The molecular weight excluding hydrogens is 283 g/mol. The van der Waals surface area contributed by atoms with Gasteiger partial charge in [-0.25, -0.2) is 0 Å². The molecule has 4 atom stereocenters. The highest BCUT2D eigenvalue weighted by Crippen LogP contribution is 2.33. The van der Waals surface area contributed by atoms with Gasteiger partial charge < -0.3 is 25.0 Å². The Morgan fingerprint density at radius 1 is 1.33 bits per heavy atom. The quantitative estimate of drug-likeness (QED) is 0.538. The van der Waals surface area contributed by atoms with E-state index in [0.717, 1.165) is 0 Å². The predicted octanol–water partition coefficient (Wildman–Crippen LogP) is -0.832. The minimum absolute atomic E-state index is 0.0463. The SMILES string of the molecule is O=c1nc2[nH]c(F)ccc-2cc1[C@@H]1O[C@H](CO)C(O)[C@@H]1O. The number of aromatic nitrogens is 2. The molecule has 112 valence electrons. The summed E-state index contributed by atoms with van der Waals surface area (Å²) in [4.78, 5) is 18.0. The molecule has 21 heavy (non-hydrogen) atoms. The second-order valence-electron chi connectivity index (χ2n) is 4.89. The molecule has 3 heterocycles. The van der Waals surface area contributed by atoms with Crippen molar-refractivity contribution in [3.8, 4) is 11.4 Å². The first-order valence-corrected chi connectivity index (χ1v) is 6.33. The average Bonchev–Trinajstić information content (AvgIpc) is 2.74. The van der Waals surface area contributed by atoms with Crippen molar-refractivity contribution in [1.82, 2.24) is 9.97 Å². The Balaban J connectivity index is 2.06. The van der Waals surface area contributed by atoms with Gasteiger partial charge in [0.05, 0.1) is 12.2 Å². The van der Waals surface area contributed by atoms with Crippen LogP contribution in [0.4, 0.5) is 4.39 Å². The highest BCUT2D eigenvalue weighted by molar-refractivity contribution is 5.57. The third kappa shape index (κ3) is 2.32. The molecule has 4 N–H and O–H groups in total. The minimum Gasteiger partial charge on any atom is -0.394 e. The van der Waals surface area contributed by atoms with Crippen LogP contribution in [0, 0.1) is 5.95 Å². The summed E-state index contributed by atoms with van der Waals surface area (Å²) in [5.74, 6) is -0.550. The molecule has 3 rings (SSSR count). The van der Waals surface area contributed by atoms with E-state index < -0.39 is 42.5 Å². The third-order valence-electron chi connectivity index (χ3n) is 3.54. The maximum Gasteiger partial charge on any atom is 0.277 e. The van der Waals surface area contributed by atoms with Crippen LogP contribution in [0.3, 0.4) is 0 Å². The number of hydrogen-bond acceptors (Lipinski definition) is 6. The number of pyridine rings is 2. The Labute approximate surface area is 118 Å². The zero-order valence-electron chi connectivity index (χ0n) is 10.7. The van der Waals surface area contributed by atoms with Crippen molar-refractivity contribution in [3.63, 3.8) is 0 Å². The van der Waals surface area contributed by atoms with Crippen molar-refractivity contribution in [2.24, 2.45) is 0 Å². The number of halogens is 1. The third-order valence-corrected chi connectivity index (χ3v) is 3.54. The molecule has 0 aromatic heterocycles. The number of aliphatic hydroxyl groups is 3. The molecular formula is C13H13FN2O5. The fourth-order valence-electron chi connectivity index (χ4n) is 2.43. The van der Waals surface area contributed by atoms with Crippen LogP contribution in [0.1, 0.15) is 11.7 Å². The van der Waals surface area contributed by atoms with Gasteiger partial charge in [0.25, 0.3) is 5.56 Å². The zero-order chi connectivity index (χ0) is 15.1. The van der Waals surface area contributed by atoms with Gasteiger partial charge in [-0.2, -0.15) is 9.37 Å². The number of hydrogen-bond donors (Lipinski definition) is 4. The average molecular weight is 296 g/mol. The first kappa shape index (κ1) is 14.1. The van der Waals surface area contributed by atoms with Crippen LogP contribution < -0.4 is 5.56 Å². The normalized spacial score (nSPS) is 29.1. The summed E-state index contributed by atoms with van der Waals surface area (Å²) < 4.78 is 18.4. The van der Waals surface area contributed by atoms with E-state index in [-0.39, 0.29) is 11.4 Å². The number of rotatable bonds is 2. The van der Waals surface area contributed by atoms with Crippen LogP contribution in [-0.4, -0.2) is 50.2 Å². The Morgan fingerprint density at radius 3 is 2.76 bits per heavy atom. The maximum absolute atomic E-state index is 13.1. The monoisotopic (exact) mass is 296 g/mol. The largest absolute Gasteiger partial charge is 0.394 e. The number of aromatic amines is 1. The second-order valence-corrected chi connectivity index (χ2v) is 4.89. The van der Waals surface area contributed by atoms with Crippen LogP contribution in [0.15, 0.2) is 23.0 Å². The molecule has 3 aliphatic heterocycles.